The van der Waals surface area contributed by atoms with Crippen LogP contribution in [-0.2, 0) is 9.59 Å². The summed E-state index contributed by atoms with van der Waals surface area (Å²) in [6.45, 7) is 6.93. The molecule has 100 valence electrons. The van der Waals surface area contributed by atoms with E-state index in [9.17, 15) is 9.59 Å². The Hall–Kier alpha value is -0.860. The summed E-state index contributed by atoms with van der Waals surface area (Å²) in [6, 6.07) is 0. The predicted molar refractivity (Wildman–Crippen MR) is 70.6 cm³/mol. The first-order valence-corrected chi connectivity index (χ1v) is 6.86. The fourth-order valence-electron chi connectivity index (χ4n) is 1.66. The van der Waals surface area contributed by atoms with E-state index in [2.05, 4.69) is 20.8 Å². The van der Waals surface area contributed by atoms with Crippen molar-refractivity contribution in [2.75, 3.05) is 6.54 Å². The molecule has 2 amide bonds. The zero-order valence-corrected chi connectivity index (χ0v) is 11.6. The molecule has 0 rings (SSSR count). The number of carbonyl (C=O) groups is 2. The van der Waals surface area contributed by atoms with Gasteiger partial charge in [-0.2, -0.15) is 0 Å². The van der Waals surface area contributed by atoms with E-state index in [1.807, 2.05) is 0 Å². The van der Waals surface area contributed by atoms with E-state index in [1.54, 1.807) is 0 Å². The minimum absolute atomic E-state index is 0.0165. The van der Waals surface area contributed by atoms with Crippen LogP contribution in [0.15, 0.2) is 0 Å². The molecule has 0 spiro atoms. The largest absolute Gasteiger partial charge is 0.285 e. The average molecular weight is 241 g/mol. The number of carbonyl (C=O) groups excluding carboxylic acids is 2. The number of hydrogen-bond donors (Lipinski definition) is 0. The topological polar surface area (TPSA) is 37.4 Å². The normalized spacial score (nSPS) is 10.6. The summed E-state index contributed by atoms with van der Waals surface area (Å²) in [5.74, 6) is 0.506. The molecule has 17 heavy (non-hydrogen) atoms. The highest BCUT2D eigenvalue weighted by atomic mass is 16.2. The van der Waals surface area contributed by atoms with Crippen LogP contribution in [0.3, 0.4) is 0 Å². The van der Waals surface area contributed by atoms with Crippen LogP contribution in [0.5, 0.6) is 0 Å². The van der Waals surface area contributed by atoms with E-state index >= 15 is 0 Å². The van der Waals surface area contributed by atoms with Crippen LogP contribution in [0.4, 0.5) is 0 Å². The summed E-state index contributed by atoms with van der Waals surface area (Å²) >= 11 is 0. The number of amides is 2. The summed E-state index contributed by atoms with van der Waals surface area (Å²) in [5, 5.41) is 0. The van der Waals surface area contributed by atoms with Crippen molar-refractivity contribution in [2.45, 2.75) is 65.7 Å². The molecule has 0 aliphatic carbocycles. The van der Waals surface area contributed by atoms with Gasteiger partial charge in [-0.1, -0.05) is 46.5 Å². The molecule has 0 aromatic rings. The van der Waals surface area contributed by atoms with E-state index < -0.39 is 0 Å². The number of imide groups is 1. The summed E-state index contributed by atoms with van der Waals surface area (Å²) in [5.41, 5.74) is 0. The molecule has 0 N–H and O–H groups in total. The lowest BCUT2D eigenvalue weighted by Crippen LogP contribution is -2.31. The van der Waals surface area contributed by atoms with Crippen molar-refractivity contribution in [1.82, 2.24) is 4.90 Å². The van der Waals surface area contributed by atoms with Crippen molar-refractivity contribution in [3.05, 3.63) is 0 Å². The lowest BCUT2D eigenvalue weighted by molar-refractivity contribution is -0.138. The third-order valence-electron chi connectivity index (χ3n) is 2.89. The Labute approximate surface area is 106 Å². The smallest absolute Gasteiger partial charge is 0.228 e. The van der Waals surface area contributed by atoms with Crippen molar-refractivity contribution < 1.29 is 9.59 Å². The van der Waals surface area contributed by atoms with Crippen molar-refractivity contribution in [2.24, 2.45) is 5.92 Å². The van der Waals surface area contributed by atoms with Gasteiger partial charge in [0.1, 0.15) is 0 Å². The molecular weight excluding hydrogens is 214 g/mol. The standard InChI is InChI=1S/C14H27NO2/c1-4-5-6-7-8-9-14(17)15(12-16)11-10-13(2)3/h12-13H,4-11H2,1-3H3. The third-order valence-corrected chi connectivity index (χ3v) is 2.89. The second-order valence-corrected chi connectivity index (χ2v) is 5.04. The zero-order valence-electron chi connectivity index (χ0n) is 11.6. The molecule has 0 aliphatic heterocycles. The Bertz CT molecular complexity index is 214. The Morgan fingerprint density at radius 3 is 2.35 bits per heavy atom. The van der Waals surface area contributed by atoms with Gasteiger partial charge in [0.2, 0.25) is 12.3 Å². The van der Waals surface area contributed by atoms with Crippen LogP contribution < -0.4 is 0 Å². The molecule has 0 saturated heterocycles. The van der Waals surface area contributed by atoms with Gasteiger partial charge in [0, 0.05) is 13.0 Å². The van der Waals surface area contributed by atoms with E-state index in [4.69, 9.17) is 0 Å². The molecular formula is C14H27NO2. The molecule has 3 nitrogen and oxygen atoms in total. The molecule has 0 bridgehead atoms. The second-order valence-electron chi connectivity index (χ2n) is 5.04. The number of rotatable bonds is 10. The van der Waals surface area contributed by atoms with Gasteiger partial charge < -0.3 is 0 Å². The lowest BCUT2D eigenvalue weighted by atomic mass is 10.1. The van der Waals surface area contributed by atoms with Gasteiger partial charge in [-0.25, -0.2) is 0 Å². The highest BCUT2D eigenvalue weighted by molar-refractivity contribution is 5.85. The van der Waals surface area contributed by atoms with Crippen molar-refractivity contribution in [3.8, 4) is 0 Å². The van der Waals surface area contributed by atoms with Crippen LogP contribution in [0.25, 0.3) is 0 Å². The van der Waals surface area contributed by atoms with Gasteiger partial charge in [0.25, 0.3) is 0 Å². The maximum absolute atomic E-state index is 11.7. The van der Waals surface area contributed by atoms with Crippen molar-refractivity contribution >= 4 is 12.3 Å². The summed E-state index contributed by atoms with van der Waals surface area (Å²) in [4.78, 5) is 23.8. The van der Waals surface area contributed by atoms with Gasteiger partial charge in [-0.3, -0.25) is 14.5 Å². The monoisotopic (exact) mass is 241 g/mol. The van der Waals surface area contributed by atoms with Gasteiger partial charge in [0.05, 0.1) is 0 Å². The average Bonchev–Trinajstić information content (AvgIpc) is 2.29. The minimum Gasteiger partial charge on any atom is -0.285 e. The molecule has 0 aromatic heterocycles. The third kappa shape index (κ3) is 8.90. The number of nitrogens with zero attached hydrogens (tertiary/aromatic N) is 1. The lowest BCUT2D eigenvalue weighted by Gasteiger charge is -2.16. The van der Waals surface area contributed by atoms with E-state index in [0.717, 1.165) is 19.3 Å². The molecule has 0 aliphatic rings. The summed E-state index contributed by atoms with van der Waals surface area (Å²) in [6.07, 6.45) is 7.72. The fourth-order valence-corrected chi connectivity index (χ4v) is 1.66. The first kappa shape index (κ1) is 16.1. The molecule has 0 heterocycles. The Morgan fingerprint density at radius 2 is 1.82 bits per heavy atom. The second kappa shape index (κ2) is 10.3. The molecule has 0 atom stereocenters. The quantitative estimate of drug-likeness (QED) is 0.434. The molecule has 0 fully saturated rings. The van der Waals surface area contributed by atoms with Crippen LogP contribution in [0.2, 0.25) is 0 Å². The van der Waals surface area contributed by atoms with Gasteiger partial charge in [-0.05, 0) is 18.8 Å². The number of hydrogen-bond acceptors (Lipinski definition) is 2. The van der Waals surface area contributed by atoms with Crippen LogP contribution in [-0.4, -0.2) is 23.8 Å². The van der Waals surface area contributed by atoms with E-state index in [1.165, 1.54) is 24.2 Å². The van der Waals surface area contributed by atoms with Crippen LogP contribution in [0.1, 0.15) is 65.7 Å². The Morgan fingerprint density at radius 1 is 1.18 bits per heavy atom. The van der Waals surface area contributed by atoms with Gasteiger partial charge in [0.15, 0.2) is 0 Å². The Balaban J connectivity index is 3.72. The van der Waals surface area contributed by atoms with Gasteiger partial charge in [-0.15, -0.1) is 0 Å². The number of unbranched alkanes of at least 4 members (excludes halogenated alkanes) is 4. The predicted octanol–water partition coefficient (Wildman–Crippen LogP) is 3.38. The van der Waals surface area contributed by atoms with Crippen molar-refractivity contribution in [3.63, 3.8) is 0 Å². The molecule has 0 radical (unpaired) electrons. The first-order chi connectivity index (χ1) is 8.11. The minimum atomic E-state index is -0.0165. The SMILES string of the molecule is CCCCCCCC(=O)N(C=O)CCC(C)C. The Kier molecular flexibility index (Phi) is 9.78. The maximum atomic E-state index is 11.7. The van der Waals surface area contributed by atoms with E-state index in [-0.39, 0.29) is 5.91 Å². The summed E-state index contributed by atoms with van der Waals surface area (Å²) < 4.78 is 0. The first-order valence-electron chi connectivity index (χ1n) is 6.86. The van der Waals surface area contributed by atoms with Gasteiger partial charge >= 0.3 is 0 Å². The maximum Gasteiger partial charge on any atom is 0.228 e. The molecule has 0 unspecified atom stereocenters. The fraction of sp³-hybridized carbons (Fsp3) is 0.857. The molecule has 0 aromatic carbocycles. The van der Waals surface area contributed by atoms with Crippen molar-refractivity contribution in [1.29, 1.82) is 0 Å². The highest BCUT2D eigenvalue weighted by Crippen LogP contribution is 2.08. The molecule has 3 heteroatoms. The zero-order chi connectivity index (χ0) is 13.1. The summed E-state index contributed by atoms with van der Waals surface area (Å²) in [7, 11) is 0. The molecule has 0 saturated carbocycles. The van der Waals surface area contributed by atoms with Crippen LogP contribution in [0, 0.1) is 5.92 Å². The highest BCUT2D eigenvalue weighted by Gasteiger charge is 2.12. The van der Waals surface area contributed by atoms with E-state index in [0.29, 0.717) is 25.3 Å². The van der Waals surface area contributed by atoms with Crippen LogP contribution >= 0.6 is 0 Å².